The van der Waals surface area contributed by atoms with Crippen molar-refractivity contribution in [3.8, 4) is 5.75 Å². The fourth-order valence-electron chi connectivity index (χ4n) is 1.74. The van der Waals surface area contributed by atoms with E-state index in [4.69, 9.17) is 4.74 Å². The SMILES string of the molecule is CCC(=O)c1ccc(OCc2ccccc2)cc1F. The van der Waals surface area contributed by atoms with Crippen LogP contribution >= 0.6 is 0 Å². The quantitative estimate of drug-likeness (QED) is 0.758. The van der Waals surface area contributed by atoms with Crippen LogP contribution in [0.5, 0.6) is 5.75 Å². The Labute approximate surface area is 111 Å². The molecule has 0 heterocycles. The number of Topliss-reactive ketones (excluding diaryl/α,β-unsaturated/α-hetero) is 1. The molecule has 19 heavy (non-hydrogen) atoms. The molecule has 0 unspecified atom stereocenters. The smallest absolute Gasteiger partial charge is 0.165 e. The lowest BCUT2D eigenvalue weighted by atomic mass is 10.1. The maximum absolute atomic E-state index is 13.7. The molecule has 0 N–H and O–H groups in total. The van der Waals surface area contributed by atoms with Crippen LogP contribution in [-0.2, 0) is 6.61 Å². The van der Waals surface area contributed by atoms with Crippen molar-refractivity contribution in [3.05, 3.63) is 65.5 Å². The lowest BCUT2D eigenvalue weighted by molar-refractivity contribution is 0.0984. The second-order valence-electron chi connectivity index (χ2n) is 4.19. The Balaban J connectivity index is 2.06. The fraction of sp³-hybridized carbons (Fsp3) is 0.188. The third-order valence-electron chi connectivity index (χ3n) is 2.81. The van der Waals surface area contributed by atoms with Crippen LogP contribution in [0, 0.1) is 5.82 Å². The zero-order valence-electron chi connectivity index (χ0n) is 10.7. The molecular formula is C16H15FO2. The summed E-state index contributed by atoms with van der Waals surface area (Å²) in [7, 11) is 0. The fourth-order valence-corrected chi connectivity index (χ4v) is 1.74. The lowest BCUT2D eigenvalue weighted by Crippen LogP contribution is -2.02. The molecule has 98 valence electrons. The molecular weight excluding hydrogens is 243 g/mol. The molecule has 0 spiro atoms. The molecule has 0 bridgehead atoms. The average Bonchev–Trinajstić information content (AvgIpc) is 2.45. The van der Waals surface area contributed by atoms with Gasteiger partial charge in [-0.05, 0) is 17.7 Å². The number of hydrogen-bond donors (Lipinski definition) is 0. The van der Waals surface area contributed by atoms with E-state index in [1.54, 1.807) is 13.0 Å². The van der Waals surface area contributed by atoms with E-state index < -0.39 is 5.82 Å². The molecule has 0 saturated carbocycles. The van der Waals surface area contributed by atoms with Crippen molar-refractivity contribution in [1.29, 1.82) is 0 Å². The number of ether oxygens (including phenoxy) is 1. The molecule has 2 aromatic carbocycles. The predicted octanol–water partition coefficient (Wildman–Crippen LogP) is 4.00. The van der Waals surface area contributed by atoms with Gasteiger partial charge < -0.3 is 4.74 Å². The molecule has 0 fully saturated rings. The van der Waals surface area contributed by atoms with Crippen LogP contribution < -0.4 is 4.74 Å². The molecule has 0 amide bonds. The van der Waals surface area contributed by atoms with Crippen molar-refractivity contribution in [2.24, 2.45) is 0 Å². The Morgan fingerprint density at radius 3 is 2.53 bits per heavy atom. The van der Waals surface area contributed by atoms with Crippen LogP contribution in [0.25, 0.3) is 0 Å². The normalized spacial score (nSPS) is 10.2. The van der Waals surface area contributed by atoms with Gasteiger partial charge in [-0.1, -0.05) is 37.3 Å². The number of benzene rings is 2. The predicted molar refractivity (Wildman–Crippen MR) is 71.8 cm³/mol. The van der Waals surface area contributed by atoms with Crippen LogP contribution in [0.4, 0.5) is 4.39 Å². The summed E-state index contributed by atoms with van der Waals surface area (Å²) in [6, 6.07) is 14.0. The second kappa shape index (κ2) is 6.14. The Kier molecular flexibility index (Phi) is 4.29. The molecule has 0 saturated heterocycles. The van der Waals surface area contributed by atoms with Crippen LogP contribution in [0.1, 0.15) is 29.3 Å². The van der Waals surface area contributed by atoms with E-state index in [1.165, 1.54) is 12.1 Å². The summed E-state index contributed by atoms with van der Waals surface area (Å²) in [5.74, 6) is -0.307. The molecule has 0 aliphatic heterocycles. The number of carbonyl (C=O) groups excluding carboxylic acids is 1. The molecule has 2 aromatic rings. The first-order chi connectivity index (χ1) is 9.20. The minimum absolute atomic E-state index is 0.120. The van der Waals surface area contributed by atoms with Crippen molar-refractivity contribution in [2.45, 2.75) is 20.0 Å². The number of carbonyl (C=O) groups is 1. The first-order valence-electron chi connectivity index (χ1n) is 6.20. The minimum atomic E-state index is -0.530. The Bertz CT molecular complexity index is 564. The maximum atomic E-state index is 13.7. The van der Waals surface area contributed by atoms with Crippen molar-refractivity contribution >= 4 is 5.78 Å². The monoisotopic (exact) mass is 258 g/mol. The van der Waals surface area contributed by atoms with E-state index in [0.717, 1.165) is 5.56 Å². The van der Waals surface area contributed by atoms with Crippen molar-refractivity contribution < 1.29 is 13.9 Å². The van der Waals surface area contributed by atoms with Crippen LogP contribution in [0.2, 0.25) is 0 Å². The van der Waals surface area contributed by atoms with E-state index in [-0.39, 0.29) is 11.3 Å². The highest BCUT2D eigenvalue weighted by Crippen LogP contribution is 2.19. The maximum Gasteiger partial charge on any atom is 0.165 e. The highest BCUT2D eigenvalue weighted by molar-refractivity contribution is 5.96. The summed E-state index contributed by atoms with van der Waals surface area (Å²) in [5.41, 5.74) is 1.13. The van der Waals surface area contributed by atoms with Crippen molar-refractivity contribution in [2.75, 3.05) is 0 Å². The van der Waals surface area contributed by atoms with Crippen molar-refractivity contribution in [3.63, 3.8) is 0 Å². The molecule has 0 aliphatic rings. The largest absolute Gasteiger partial charge is 0.489 e. The second-order valence-corrected chi connectivity index (χ2v) is 4.19. The van der Waals surface area contributed by atoms with Gasteiger partial charge in [-0.2, -0.15) is 0 Å². The summed E-state index contributed by atoms with van der Waals surface area (Å²) >= 11 is 0. The number of rotatable bonds is 5. The minimum Gasteiger partial charge on any atom is -0.489 e. The van der Waals surface area contributed by atoms with Crippen LogP contribution in [0.15, 0.2) is 48.5 Å². The zero-order valence-corrected chi connectivity index (χ0v) is 10.7. The Morgan fingerprint density at radius 1 is 1.16 bits per heavy atom. The van der Waals surface area contributed by atoms with Gasteiger partial charge in [0.05, 0.1) is 5.56 Å². The molecule has 2 rings (SSSR count). The van der Waals surface area contributed by atoms with Gasteiger partial charge in [0, 0.05) is 12.5 Å². The number of halogens is 1. The third kappa shape index (κ3) is 3.41. The van der Waals surface area contributed by atoms with E-state index in [9.17, 15) is 9.18 Å². The molecule has 0 atom stereocenters. The number of hydrogen-bond acceptors (Lipinski definition) is 2. The summed E-state index contributed by atoms with van der Waals surface area (Å²) in [6.07, 6.45) is 0.293. The third-order valence-corrected chi connectivity index (χ3v) is 2.81. The Hall–Kier alpha value is -2.16. The van der Waals surface area contributed by atoms with E-state index >= 15 is 0 Å². The summed E-state index contributed by atoms with van der Waals surface area (Å²) < 4.78 is 19.2. The highest BCUT2D eigenvalue weighted by Gasteiger charge is 2.10. The van der Waals surface area contributed by atoms with Gasteiger partial charge in [0.1, 0.15) is 18.2 Å². The Morgan fingerprint density at radius 2 is 1.89 bits per heavy atom. The molecule has 3 heteroatoms. The molecule has 0 aliphatic carbocycles. The van der Waals surface area contributed by atoms with Gasteiger partial charge in [-0.15, -0.1) is 0 Å². The van der Waals surface area contributed by atoms with E-state index in [1.807, 2.05) is 30.3 Å². The lowest BCUT2D eigenvalue weighted by Gasteiger charge is -2.08. The summed E-state index contributed by atoms with van der Waals surface area (Å²) in [5, 5.41) is 0. The summed E-state index contributed by atoms with van der Waals surface area (Å²) in [4.78, 5) is 11.4. The molecule has 0 radical (unpaired) electrons. The van der Waals surface area contributed by atoms with E-state index in [2.05, 4.69) is 0 Å². The highest BCUT2D eigenvalue weighted by atomic mass is 19.1. The standard InChI is InChI=1S/C16H15FO2/c1-2-16(18)14-9-8-13(10-15(14)17)19-11-12-6-4-3-5-7-12/h3-10H,2,11H2,1H3. The van der Waals surface area contributed by atoms with Gasteiger partial charge >= 0.3 is 0 Å². The molecule has 0 aromatic heterocycles. The topological polar surface area (TPSA) is 26.3 Å². The first-order valence-corrected chi connectivity index (χ1v) is 6.20. The average molecular weight is 258 g/mol. The number of ketones is 1. The summed E-state index contributed by atoms with van der Waals surface area (Å²) in [6.45, 7) is 2.09. The van der Waals surface area contributed by atoms with Gasteiger partial charge in [0.25, 0.3) is 0 Å². The van der Waals surface area contributed by atoms with Gasteiger partial charge in [-0.3, -0.25) is 4.79 Å². The van der Waals surface area contributed by atoms with Gasteiger partial charge in [0.15, 0.2) is 5.78 Å². The van der Waals surface area contributed by atoms with Crippen LogP contribution in [-0.4, -0.2) is 5.78 Å². The van der Waals surface area contributed by atoms with Crippen molar-refractivity contribution in [1.82, 2.24) is 0 Å². The van der Waals surface area contributed by atoms with Gasteiger partial charge in [-0.25, -0.2) is 4.39 Å². The first kappa shape index (κ1) is 13.3. The van der Waals surface area contributed by atoms with Crippen LogP contribution in [0.3, 0.4) is 0 Å². The molecule has 2 nitrogen and oxygen atoms in total. The van der Waals surface area contributed by atoms with Gasteiger partial charge in [0.2, 0.25) is 0 Å². The zero-order chi connectivity index (χ0) is 13.7. The van der Waals surface area contributed by atoms with E-state index in [0.29, 0.717) is 18.8 Å².